The number of nitrogens with zero attached hydrogens (tertiary/aromatic N) is 1. The Morgan fingerprint density at radius 1 is 1.30 bits per heavy atom. The number of fused-ring (bicyclic) bond motifs is 1. The lowest BCUT2D eigenvalue weighted by atomic mass is 10.1. The van der Waals surface area contributed by atoms with Crippen LogP contribution in [-0.2, 0) is 18.0 Å². The Bertz CT molecular complexity index is 634. The van der Waals surface area contributed by atoms with Gasteiger partial charge in [-0.2, -0.15) is 0 Å². The zero-order valence-corrected chi connectivity index (χ0v) is 10.9. The third-order valence-corrected chi connectivity index (χ3v) is 2.89. The minimum atomic E-state index is -0.00717. The number of carbonyl (C=O) groups is 1. The van der Waals surface area contributed by atoms with Crippen LogP contribution in [0, 0.1) is 0 Å². The number of benzene rings is 1. The normalized spacial score (nSPS) is 13.2. The molecule has 1 aliphatic rings. The van der Waals surface area contributed by atoms with Crippen LogP contribution in [0.5, 0.6) is 11.5 Å². The second kappa shape index (κ2) is 5.34. The van der Waals surface area contributed by atoms with Gasteiger partial charge in [0.05, 0.1) is 5.56 Å². The minimum absolute atomic E-state index is 0.00717. The van der Waals surface area contributed by atoms with E-state index >= 15 is 0 Å². The molecule has 0 spiro atoms. The molecule has 6 nitrogen and oxygen atoms in total. The number of aromatic nitrogens is 1. The molecule has 20 heavy (non-hydrogen) atoms. The van der Waals surface area contributed by atoms with Gasteiger partial charge in [0.1, 0.15) is 30.4 Å². The summed E-state index contributed by atoms with van der Waals surface area (Å²) in [5.41, 5.74) is 1.27. The molecule has 0 saturated carbocycles. The van der Waals surface area contributed by atoms with Gasteiger partial charge >= 0.3 is 0 Å². The number of hydrogen-bond donors (Lipinski definition) is 0. The fraction of sp³-hybridized carbons (Fsp3) is 0.286. The number of rotatable bonds is 5. The van der Waals surface area contributed by atoms with E-state index in [0.717, 1.165) is 0 Å². The summed E-state index contributed by atoms with van der Waals surface area (Å²) < 4.78 is 20.8. The molecule has 0 amide bonds. The average molecular weight is 275 g/mol. The van der Waals surface area contributed by atoms with Crippen molar-refractivity contribution in [1.29, 1.82) is 0 Å². The third kappa shape index (κ3) is 2.50. The lowest BCUT2D eigenvalue weighted by Gasteiger charge is -2.05. The maximum atomic E-state index is 11.4. The summed E-state index contributed by atoms with van der Waals surface area (Å²) in [6.45, 7) is 0.754. The zero-order chi connectivity index (χ0) is 13.9. The molecule has 0 N–H and O–H groups in total. The van der Waals surface area contributed by atoms with Crippen LogP contribution in [0.25, 0.3) is 0 Å². The topological polar surface area (TPSA) is 70.8 Å². The molecule has 2 aromatic rings. The first-order chi connectivity index (χ1) is 9.76. The van der Waals surface area contributed by atoms with Crippen molar-refractivity contribution in [3.8, 4) is 11.5 Å². The zero-order valence-electron chi connectivity index (χ0n) is 10.9. The van der Waals surface area contributed by atoms with E-state index in [-0.39, 0.29) is 19.0 Å². The van der Waals surface area contributed by atoms with Gasteiger partial charge in [-0.1, -0.05) is 5.16 Å². The van der Waals surface area contributed by atoms with Crippen LogP contribution in [0.4, 0.5) is 0 Å². The van der Waals surface area contributed by atoms with E-state index in [1.807, 2.05) is 0 Å². The first kappa shape index (κ1) is 12.7. The van der Waals surface area contributed by atoms with Gasteiger partial charge in [-0.15, -0.1) is 0 Å². The van der Waals surface area contributed by atoms with Crippen molar-refractivity contribution in [1.82, 2.24) is 5.16 Å². The molecule has 0 radical (unpaired) electrons. The fourth-order valence-electron chi connectivity index (χ4n) is 1.95. The van der Waals surface area contributed by atoms with E-state index in [0.29, 0.717) is 35.1 Å². The maximum absolute atomic E-state index is 11.4. The van der Waals surface area contributed by atoms with E-state index < -0.39 is 0 Å². The molecule has 0 atom stereocenters. The number of carbonyl (C=O) groups excluding carboxylic acids is 1. The van der Waals surface area contributed by atoms with Crippen LogP contribution >= 0.6 is 0 Å². The molecule has 0 saturated heterocycles. The molecule has 2 heterocycles. The Hall–Kier alpha value is -2.34. The lowest BCUT2D eigenvalue weighted by Crippen LogP contribution is -1.98. The van der Waals surface area contributed by atoms with Crippen molar-refractivity contribution in [2.75, 3.05) is 13.7 Å². The Morgan fingerprint density at radius 3 is 3.05 bits per heavy atom. The maximum Gasteiger partial charge on any atom is 0.203 e. The van der Waals surface area contributed by atoms with Gasteiger partial charge in [0.25, 0.3) is 0 Å². The summed E-state index contributed by atoms with van der Waals surface area (Å²) in [6.07, 6.45) is 0. The second-order valence-corrected chi connectivity index (χ2v) is 4.38. The predicted molar refractivity (Wildman–Crippen MR) is 67.8 cm³/mol. The van der Waals surface area contributed by atoms with Gasteiger partial charge in [0.15, 0.2) is 12.4 Å². The van der Waals surface area contributed by atoms with Gasteiger partial charge < -0.3 is 18.7 Å². The summed E-state index contributed by atoms with van der Waals surface area (Å²) in [6, 6.07) is 6.92. The molecule has 6 heteroatoms. The molecule has 0 bridgehead atoms. The fourth-order valence-corrected chi connectivity index (χ4v) is 1.95. The Balaban J connectivity index is 1.65. The first-order valence-electron chi connectivity index (χ1n) is 6.12. The molecule has 1 aromatic heterocycles. The summed E-state index contributed by atoms with van der Waals surface area (Å²) in [4.78, 5) is 11.4. The van der Waals surface area contributed by atoms with Crippen molar-refractivity contribution < 1.29 is 23.5 Å². The van der Waals surface area contributed by atoms with Crippen molar-refractivity contribution >= 4 is 5.78 Å². The van der Waals surface area contributed by atoms with Gasteiger partial charge in [0, 0.05) is 19.2 Å². The van der Waals surface area contributed by atoms with Crippen LogP contribution in [0.3, 0.4) is 0 Å². The minimum Gasteiger partial charge on any atom is -0.487 e. The van der Waals surface area contributed by atoms with Gasteiger partial charge in [0.2, 0.25) is 5.78 Å². The summed E-state index contributed by atoms with van der Waals surface area (Å²) in [7, 11) is 1.59. The molecule has 0 aliphatic carbocycles. The molecule has 104 valence electrons. The Labute approximate surface area is 115 Å². The predicted octanol–water partition coefficient (Wildman–Crippen LogP) is 1.98. The van der Waals surface area contributed by atoms with Crippen LogP contribution in [0.15, 0.2) is 28.8 Å². The highest BCUT2D eigenvalue weighted by Gasteiger charge is 2.21. The van der Waals surface area contributed by atoms with Crippen molar-refractivity contribution in [3.05, 3.63) is 41.3 Å². The van der Waals surface area contributed by atoms with Crippen LogP contribution in [-0.4, -0.2) is 24.7 Å². The number of methoxy groups -OCH3 is 1. The number of Topliss-reactive ketones (excluding diaryl/α,β-unsaturated/α-hetero) is 1. The molecule has 0 unspecified atom stereocenters. The van der Waals surface area contributed by atoms with E-state index in [9.17, 15) is 4.79 Å². The third-order valence-electron chi connectivity index (χ3n) is 2.89. The van der Waals surface area contributed by atoms with Gasteiger partial charge in [-0.3, -0.25) is 4.79 Å². The molecule has 0 fully saturated rings. The molecule has 1 aliphatic heterocycles. The smallest absolute Gasteiger partial charge is 0.203 e. The largest absolute Gasteiger partial charge is 0.487 e. The van der Waals surface area contributed by atoms with E-state index in [1.165, 1.54) is 0 Å². The van der Waals surface area contributed by atoms with Crippen molar-refractivity contribution in [3.63, 3.8) is 0 Å². The summed E-state index contributed by atoms with van der Waals surface area (Å²) in [5, 5.41) is 3.87. The van der Waals surface area contributed by atoms with Gasteiger partial charge in [-0.05, 0) is 12.1 Å². The SMILES string of the molecule is COCc1cc(COc2ccc3c(c2)OCC3=O)no1. The second-order valence-electron chi connectivity index (χ2n) is 4.38. The molecule has 3 rings (SSSR count). The van der Waals surface area contributed by atoms with E-state index in [1.54, 1.807) is 31.4 Å². The highest BCUT2D eigenvalue weighted by molar-refractivity contribution is 6.02. The van der Waals surface area contributed by atoms with Crippen LogP contribution < -0.4 is 9.47 Å². The van der Waals surface area contributed by atoms with E-state index in [4.69, 9.17) is 18.7 Å². The standard InChI is InChI=1S/C14H13NO5/c1-17-7-11-4-9(15-20-11)6-18-10-2-3-12-13(16)8-19-14(12)5-10/h2-5H,6-8H2,1H3. The average Bonchev–Trinajstić information content (AvgIpc) is 3.04. The monoisotopic (exact) mass is 275 g/mol. The molecular weight excluding hydrogens is 262 g/mol. The van der Waals surface area contributed by atoms with Crippen LogP contribution in [0.2, 0.25) is 0 Å². The van der Waals surface area contributed by atoms with Gasteiger partial charge in [-0.25, -0.2) is 0 Å². The van der Waals surface area contributed by atoms with Crippen molar-refractivity contribution in [2.45, 2.75) is 13.2 Å². The molecule has 1 aromatic carbocycles. The number of ketones is 1. The highest BCUT2D eigenvalue weighted by atomic mass is 16.5. The van der Waals surface area contributed by atoms with Crippen LogP contribution in [0.1, 0.15) is 21.8 Å². The quantitative estimate of drug-likeness (QED) is 0.830. The Morgan fingerprint density at radius 2 is 2.20 bits per heavy atom. The Kier molecular flexibility index (Phi) is 3.39. The number of ether oxygens (including phenoxy) is 3. The lowest BCUT2D eigenvalue weighted by molar-refractivity contribution is 0.0961. The highest BCUT2D eigenvalue weighted by Crippen LogP contribution is 2.29. The molecular formula is C14H13NO5. The summed E-state index contributed by atoms with van der Waals surface area (Å²) >= 11 is 0. The van der Waals surface area contributed by atoms with Crippen molar-refractivity contribution in [2.24, 2.45) is 0 Å². The van der Waals surface area contributed by atoms with E-state index in [2.05, 4.69) is 5.16 Å². The first-order valence-corrected chi connectivity index (χ1v) is 6.12. The summed E-state index contributed by atoms with van der Waals surface area (Å²) in [5.74, 6) is 1.82. The number of hydrogen-bond acceptors (Lipinski definition) is 6.